The third-order valence-electron chi connectivity index (χ3n) is 3.56. The Morgan fingerprint density at radius 1 is 1.56 bits per heavy atom. The van der Waals surface area contributed by atoms with Crippen LogP contribution in [0.5, 0.6) is 0 Å². The van der Waals surface area contributed by atoms with E-state index in [1.165, 1.54) is 25.7 Å². The zero-order valence-electron chi connectivity index (χ0n) is 10.5. The van der Waals surface area contributed by atoms with E-state index in [1.54, 1.807) is 6.33 Å². The number of aromatic nitrogens is 3. The van der Waals surface area contributed by atoms with Crippen LogP contribution in [0.2, 0.25) is 0 Å². The van der Waals surface area contributed by atoms with Gasteiger partial charge in [0.1, 0.15) is 12.2 Å². The van der Waals surface area contributed by atoms with Gasteiger partial charge in [0.2, 0.25) is 0 Å². The monoisotopic (exact) mass is 222 g/mol. The Bertz CT molecular complexity index is 343. The summed E-state index contributed by atoms with van der Waals surface area (Å²) >= 11 is 0. The third-order valence-corrected chi connectivity index (χ3v) is 3.56. The Hall–Kier alpha value is -0.900. The van der Waals surface area contributed by atoms with Gasteiger partial charge in [-0.2, -0.15) is 5.10 Å². The second-order valence-corrected chi connectivity index (χ2v) is 5.64. The summed E-state index contributed by atoms with van der Waals surface area (Å²) in [6, 6.07) is 0.639. The molecule has 0 saturated heterocycles. The van der Waals surface area contributed by atoms with Gasteiger partial charge in [0, 0.05) is 13.1 Å². The summed E-state index contributed by atoms with van der Waals surface area (Å²) in [5, 5.41) is 7.67. The van der Waals surface area contributed by atoms with E-state index in [0.717, 1.165) is 12.4 Å². The Labute approximate surface area is 97.5 Å². The lowest BCUT2D eigenvalue weighted by Crippen LogP contribution is -2.37. The van der Waals surface area contributed by atoms with Crippen molar-refractivity contribution in [1.29, 1.82) is 0 Å². The summed E-state index contributed by atoms with van der Waals surface area (Å²) in [6.07, 6.45) is 6.87. The highest BCUT2D eigenvalue weighted by molar-refractivity contribution is 4.87. The molecule has 2 rings (SSSR count). The van der Waals surface area contributed by atoms with Crippen LogP contribution >= 0.6 is 0 Å². The largest absolute Gasteiger partial charge is 0.307 e. The fraction of sp³-hybridized carbons (Fsp3) is 0.833. The van der Waals surface area contributed by atoms with Crippen molar-refractivity contribution in [2.75, 3.05) is 0 Å². The van der Waals surface area contributed by atoms with E-state index >= 15 is 0 Å². The maximum atomic E-state index is 4.23. The number of hydrogen-bond acceptors (Lipinski definition) is 3. The maximum absolute atomic E-state index is 4.23. The summed E-state index contributed by atoms with van der Waals surface area (Å²) < 4.78 is 1.83. The first-order valence-electron chi connectivity index (χ1n) is 6.13. The molecule has 1 N–H and O–H groups in total. The van der Waals surface area contributed by atoms with Crippen molar-refractivity contribution in [2.45, 2.75) is 52.1 Å². The van der Waals surface area contributed by atoms with Crippen LogP contribution in [0.3, 0.4) is 0 Å². The second-order valence-electron chi connectivity index (χ2n) is 5.64. The molecule has 1 aromatic rings. The van der Waals surface area contributed by atoms with Gasteiger partial charge in [-0.1, -0.05) is 20.3 Å². The molecule has 1 heterocycles. The van der Waals surface area contributed by atoms with Crippen LogP contribution in [-0.2, 0) is 13.6 Å². The van der Waals surface area contributed by atoms with E-state index in [-0.39, 0.29) is 0 Å². The summed E-state index contributed by atoms with van der Waals surface area (Å²) in [4.78, 5) is 4.23. The van der Waals surface area contributed by atoms with Crippen LogP contribution in [0.25, 0.3) is 0 Å². The number of rotatable bonds is 3. The fourth-order valence-electron chi connectivity index (χ4n) is 2.59. The maximum Gasteiger partial charge on any atom is 0.140 e. The number of hydrogen-bond donors (Lipinski definition) is 1. The molecule has 1 aliphatic carbocycles. The quantitative estimate of drug-likeness (QED) is 0.849. The lowest BCUT2D eigenvalue weighted by molar-refractivity contribution is 0.197. The molecule has 1 aliphatic rings. The van der Waals surface area contributed by atoms with Crippen molar-refractivity contribution >= 4 is 0 Å². The van der Waals surface area contributed by atoms with Gasteiger partial charge in [-0.3, -0.25) is 4.68 Å². The first-order chi connectivity index (χ1) is 7.57. The van der Waals surface area contributed by atoms with Gasteiger partial charge < -0.3 is 5.32 Å². The highest BCUT2D eigenvalue weighted by atomic mass is 15.3. The third kappa shape index (κ3) is 2.82. The van der Waals surface area contributed by atoms with Crippen molar-refractivity contribution in [1.82, 2.24) is 20.1 Å². The van der Waals surface area contributed by atoms with Gasteiger partial charge in [0.25, 0.3) is 0 Å². The van der Waals surface area contributed by atoms with Crippen LogP contribution in [0, 0.1) is 5.41 Å². The molecule has 90 valence electrons. The number of nitrogens with zero attached hydrogens (tertiary/aromatic N) is 3. The molecular weight excluding hydrogens is 200 g/mol. The van der Waals surface area contributed by atoms with Gasteiger partial charge >= 0.3 is 0 Å². The smallest absolute Gasteiger partial charge is 0.140 e. The molecule has 1 unspecified atom stereocenters. The van der Waals surface area contributed by atoms with Gasteiger partial charge in [-0.15, -0.1) is 0 Å². The molecule has 1 saturated carbocycles. The van der Waals surface area contributed by atoms with Crippen molar-refractivity contribution < 1.29 is 0 Å². The molecule has 1 fully saturated rings. The van der Waals surface area contributed by atoms with Crippen molar-refractivity contribution in [2.24, 2.45) is 12.5 Å². The Balaban J connectivity index is 1.84. The minimum Gasteiger partial charge on any atom is -0.307 e. The molecule has 0 aliphatic heterocycles. The van der Waals surface area contributed by atoms with Crippen molar-refractivity contribution in [3.05, 3.63) is 12.2 Å². The van der Waals surface area contributed by atoms with Crippen LogP contribution in [-0.4, -0.2) is 20.8 Å². The zero-order chi connectivity index (χ0) is 11.6. The van der Waals surface area contributed by atoms with Gasteiger partial charge in [0.15, 0.2) is 0 Å². The highest BCUT2D eigenvalue weighted by Crippen LogP contribution is 2.35. The normalized spacial score (nSPS) is 24.6. The molecule has 16 heavy (non-hydrogen) atoms. The predicted molar refractivity (Wildman–Crippen MR) is 63.9 cm³/mol. The predicted octanol–water partition coefficient (Wildman–Crippen LogP) is 1.87. The fourth-order valence-corrected chi connectivity index (χ4v) is 2.59. The summed E-state index contributed by atoms with van der Waals surface area (Å²) in [7, 11) is 1.94. The lowest BCUT2D eigenvalue weighted by Gasteiger charge is -2.35. The van der Waals surface area contributed by atoms with Crippen LogP contribution in [0.15, 0.2) is 6.33 Å². The van der Waals surface area contributed by atoms with E-state index in [1.807, 2.05) is 11.7 Å². The first kappa shape index (κ1) is 11.6. The molecule has 0 spiro atoms. The van der Waals surface area contributed by atoms with Crippen LogP contribution in [0.4, 0.5) is 0 Å². The van der Waals surface area contributed by atoms with Crippen LogP contribution < -0.4 is 5.32 Å². The van der Waals surface area contributed by atoms with Crippen LogP contribution in [0.1, 0.15) is 45.4 Å². The summed E-state index contributed by atoms with van der Waals surface area (Å²) in [5.74, 6) is 1.02. The first-order valence-corrected chi connectivity index (χ1v) is 6.13. The van der Waals surface area contributed by atoms with Gasteiger partial charge in [0.05, 0.1) is 6.54 Å². The lowest BCUT2D eigenvalue weighted by atomic mass is 9.75. The van der Waals surface area contributed by atoms with E-state index < -0.39 is 0 Å². The molecule has 1 aromatic heterocycles. The van der Waals surface area contributed by atoms with E-state index in [9.17, 15) is 0 Å². The number of nitrogens with one attached hydrogen (secondary N) is 1. The van der Waals surface area contributed by atoms with Crippen molar-refractivity contribution in [3.8, 4) is 0 Å². The van der Waals surface area contributed by atoms with Gasteiger partial charge in [-0.05, 0) is 24.7 Å². The topological polar surface area (TPSA) is 42.7 Å². The molecule has 0 radical (unpaired) electrons. The molecular formula is C12H22N4. The molecule has 0 aromatic carbocycles. The van der Waals surface area contributed by atoms with Crippen molar-refractivity contribution in [3.63, 3.8) is 0 Å². The Kier molecular flexibility index (Phi) is 3.28. The molecule has 1 atom stereocenters. The standard InChI is InChI=1S/C12H22N4/c1-12(2)6-4-5-10(7-12)13-8-11-14-9-15-16(11)3/h9-10,13H,4-8H2,1-3H3. The second kappa shape index (κ2) is 4.53. The van der Waals surface area contributed by atoms with E-state index in [2.05, 4.69) is 29.2 Å². The van der Waals surface area contributed by atoms with E-state index in [4.69, 9.17) is 0 Å². The summed E-state index contributed by atoms with van der Waals surface area (Å²) in [5.41, 5.74) is 0.496. The molecule has 4 heteroatoms. The molecule has 0 amide bonds. The molecule has 0 bridgehead atoms. The average Bonchev–Trinajstić information content (AvgIpc) is 2.60. The van der Waals surface area contributed by atoms with Gasteiger partial charge in [-0.25, -0.2) is 4.98 Å². The average molecular weight is 222 g/mol. The molecule has 4 nitrogen and oxygen atoms in total. The Morgan fingerprint density at radius 2 is 2.38 bits per heavy atom. The summed E-state index contributed by atoms with van der Waals surface area (Å²) in [6.45, 7) is 5.56. The minimum atomic E-state index is 0.496. The SMILES string of the molecule is Cn1ncnc1CNC1CCCC(C)(C)C1. The van der Waals surface area contributed by atoms with E-state index in [0.29, 0.717) is 11.5 Å². The Morgan fingerprint density at radius 3 is 3.00 bits per heavy atom. The number of aryl methyl sites for hydroxylation is 1. The zero-order valence-corrected chi connectivity index (χ0v) is 10.5. The highest BCUT2D eigenvalue weighted by Gasteiger charge is 2.27. The minimum absolute atomic E-state index is 0.496.